The van der Waals surface area contributed by atoms with E-state index in [4.69, 9.17) is 4.74 Å². The number of rotatable bonds is 9. The molecule has 0 aliphatic carbocycles. The fraction of sp³-hybridized carbons (Fsp3) is 0.345. The van der Waals surface area contributed by atoms with Gasteiger partial charge in [-0.25, -0.2) is 18.2 Å². The van der Waals surface area contributed by atoms with Gasteiger partial charge in [-0.1, -0.05) is 12.0 Å². The number of likely N-dealkylation sites (tertiary alicyclic amines) is 1. The molecule has 1 aliphatic rings. The van der Waals surface area contributed by atoms with Crippen LogP contribution in [-0.2, 0) is 16.6 Å². The lowest BCUT2D eigenvalue weighted by Gasteiger charge is -2.37. The van der Waals surface area contributed by atoms with Crippen molar-refractivity contribution >= 4 is 27.4 Å². The van der Waals surface area contributed by atoms with E-state index in [0.29, 0.717) is 29.5 Å². The average molecular weight is 563 g/mol. The number of nitrogens with one attached hydrogen (secondary N) is 2. The van der Waals surface area contributed by atoms with Crippen molar-refractivity contribution in [3.63, 3.8) is 0 Å². The number of hydrogen-bond acceptors (Lipinski definition) is 7. The maximum atomic E-state index is 13.1. The summed E-state index contributed by atoms with van der Waals surface area (Å²) in [5.74, 6) is 6.95. The second-order valence-electron chi connectivity index (χ2n) is 9.69. The number of ether oxygens (including phenoxy) is 1. The molecule has 0 atom stereocenters. The molecule has 0 radical (unpaired) electrons. The standard InChI is InChI=1S/C29H34N6O4S/c1-4-5-16-35(29(36)32-25-8-6-22(2)30-20-25)26-14-17-34(18-15-26)21-23-7-13-28(31-19-23)39-27-11-9-24(10-12-27)33-40(3,37)38/h6-13,19-20,26,33H,14-18,21H2,1-3H3,(H,32,36). The summed E-state index contributed by atoms with van der Waals surface area (Å²) in [6.07, 6.45) is 6.27. The Balaban J connectivity index is 1.28. The van der Waals surface area contributed by atoms with Crippen LogP contribution in [0.5, 0.6) is 11.6 Å². The Kier molecular flexibility index (Phi) is 9.58. The molecule has 10 nitrogen and oxygen atoms in total. The Hall–Kier alpha value is -4.14. The second kappa shape index (κ2) is 13.3. The van der Waals surface area contributed by atoms with Gasteiger partial charge in [-0.3, -0.25) is 14.6 Å². The van der Waals surface area contributed by atoms with Crippen molar-refractivity contribution in [2.45, 2.75) is 39.3 Å². The minimum Gasteiger partial charge on any atom is -0.439 e. The SMILES string of the molecule is CC#CCN(C(=O)Nc1ccc(C)nc1)C1CCN(Cc2ccc(Oc3ccc(NS(C)(=O)=O)cc3)nc2)CC1. The fourth-order valence-electron chi connectivity index (χ4n) is 4.41. The predicted molar refractivity (Wildman–Crippen MR) is 156 cm³/mol. The number of pyridine rings is 2. The largest absolute Gasteiger partial charge is 0.439 e. The van der Waals surface area contributed by atoms with Crippen LogP contribution in [0.3, 0.4) is 0 Å². The highest BCUT2D eigenvalue weighted by molar-refractivity contribution is 7.92. The number of sulfonamides is 1. The van der Waals surface area contributed by atoms with Crippen molar-refractivity contribution in [3.8, 4) is 23.5 Å². The number of anilines is 2. The molecule has 1 aromatic carbocycles. The Morgan fingerprint density at radius 1 is 1.05 bits per heavy atom. The van der Waals surface area contributed by atoms with Crippen molar-refractivity contribution in [1.29, 1.82) is 0 Å². The Labute approximate surface area is 235 Å². The average Bonchev–Trinajstić information content (AvgIpc) is 2.92. The van der Waals surface area contributed by atoms with E-state index < -0.39 is 10.0 Å². The smallest absolute Gasteiger partial charge is 0.322 e. The first-order valence-corrected chi connectivity index (χ1v) is 14.9. The van der Waals surface area contributed by atoms with Crippen LogP contribution in [-0.4, -0.2) is 66.1 Å². The molecule has 210 valence electrons. The lowest BCUT2D eigenvalue weighted by atomic mass is 10.0. The molecule has 0 unspecified atom stereocenters. The van der Waals surface area contributed by atoms with E-state index in [0.717, 1.165) is 50.0 Å². The van der Waals surface area contributed by atoms with Crippen LogP contribution >= 0.6 is 0 Å². The molecule has 4 rings (SSSR count). The van der Waals surface area contributed by atoms with Gasteiger partial charge >= 0.3 is 6.03 Å². The van der Waals surface area contributed by atoms with Gasteiger partial charge in [-0.15, -0.1) is 5.92 Å². The van der Waals surface area contributed by atoms with Crippen LogP contribution in [0.1, 0.15) is 31.0 Å². The molecular weight excluding hydrogens is 528 g/mol. The number of amides is 2. The van der Waals surface area contributed by atoms with Gasteiger partial charge < -0.3 is 15.0 Å². The van der Waals surface area contributed by atoms with E-state index in [-0.39, 0.29) is 12.1 Å². The molecule has 3 heterocycles. The number of hydrogen-bond donors (Lipinski definition) is 2. The van der Waals surface area contributed by atoms with Crippen molar-refractivity contribution < 1.29 is 17.9 Å². The number of carbonyl (C=O) groups is 1. The van der Waals surface area contributed by atoms with Crippen molar-refractivity contribution in [1.82, 2.24) is 19.8 Å². The Morgan fingerprint density at radius 3 is 2.38 bits per heavy atom. The van der Waals surface area contributed by atoms with Crippen LogP contribution in [0.4, 0.5) is 16.2 Å². The first-order chi connectivity index (χ1) is 19.2. The van der Waals surface area contributed by atoms with E-state index in [2.05, 4.69) is 36.7 Å². The summed E-state index contributed by atoms with van der Waals surface area (Å²) >= 11 is 0. The number of urea groups is 1. The maximum absolute atomic E-state index is 13.1. The first-order valence-electron chi connectivity index (χ1n) is 13.0. The summed E-state index contributed by atoms with van der Waals surface area (Å²) in [5, 5.41) is 2.96. The quantitative estimate of drug-likeness (QED) is 0.370. The van der Waals surface area contributed by atoms with Crippen LogP contribution in [0.25, 0.3) is 0 Å². The molecular formula is C29H34N6O4S. The molecule has 2 amide bonds. The zero-order chi connectivity index (χ0) is 28.5. The molecule has 40 heavy (non-hydrogen) atoms. The lowest BCUT2D eigenvalue weighted by molar-refractivity contribution is 0.131. The Morgan fingerprint density at radius 2 is 1.77 bits per heavy atom. The third kappa shape index (κ3) is 8.69. The molecule has 0 saturated carbocycles. The molecule has 1 aliphatic heterocycles. The maximum Gasteiger partial charge on any atom is 0.322 e. The van der Waals surface area contributed by atoms with Crippen LogP contribution in [0.15, 0.2) is 60.9 Å². The lowest BCUT2D eigenvalue weighted by Crippen LogP contribution is -2.48. The fourth-order valence-corrected chi connectivity index (χ4v) is 4.97. The normalized spacial score (nSPS) is 14.1. The van der Waals surface area contributed by atoms with Gasteiger partial charge in [-0.05, 0) is 68.7 Å². The minimum atomic E-state index is -3.33. The Bertz CT molecular complexity index is 1440. The van der Waals surface area contributed by atoms with Crippen LogP contribution in [0.2, 0.25) is 0 Å². The number of carbonyl (C=O) groups excluding carboxylic acids is 1. The molecule has 1 fully saturated rings. The highest BCUT2D eigenvalue weighted by atomic mass is 32.2. The van der Waals surface area contributed by atoms with Crippen molar-refractivity contribution in [3.05, 3.63) is 72.2 Å². The van der Waals surface area contributed by atoms with Crippen LogP contribution in [0, 0.1) is 18.8 Å². The third-order valence-corrected chi connectivity index (χ3v) is 7.04. The number of benzene rings is 1. The summed E-state index contributed by atoms with van der Waals surface area (Å²) in [7, 11) is -3.33. The van der Waals surface area contributed by atoms with Gasteiger partial charge in [-0.2, -0.15) is 0 Å². The van der Waals surface area contributed by atoms with Gasteiger partial charge in [0.05, 0.1) is 24.7 Å². The van der Waals surface area contributed by atoms with E-state index in [9.17, 15) is 13.2 Å². The minimum absolute atomic E-state index is 0.100. The van der Waals surface area contributed by atoms with E-state index >= 15 is 0 Å². The van der Waals surface area contributed by atoms with Gasteiger partial charge in [0.15, 0.2) is 0 Å². The molecule has 11 heteroatoms. The summed E-state index contributed by atoms with van der Waals surface area (Å²) in [6.45, 7) is 6.53. The first kappa shape index (κ1) is 28.9. The highest BCUT2D eigenvalue weighted by Gasteiger charge is 2.27. The highest BCUT2D eigenvalue weighted by Crippen LogP contribution is 2.23. The number of aryl methyl sites for hydroxylation is 1. The zero-order valence-corrected chi connectivity index (χ0v) is 23.7. The number of nitrogens with zero attached hydrogens (tertiary/aromatic N) is 4. The van der Waals surface area contributed by atoms with E-state index in [1.165, 1.54) is 0 Å². The predicted octanol–water partition coefficient (Wildman–Crippen LogP) is 4.47. The van der Waals surface area contributed by atoms with Crippen molar-refractivity contribution in [2.75, 3.05) is 35.9 Å². The molecule has 0 spiro atoms. The van der Waals surface area contributed by atoms with E-state index in [1.54, 1.807) is 43.6 Å². The summed E-state index contributed by atoms with van der Waals surface area (Å²) in [5.41, 5.74) is 3.10. The van der Waals surface area contributed by atoms with Gasteiger partial charge in [0.2, 0.25) is 15.9 Å². The molecule has 2 aromatic heterocycles. The van der Waals surface area contributed by atoms with Crippen LogP contribution < -0.4 is 14.8 Å². The van der Waals surface area contributed by atoms with Gasteiger partial charge in [0.1, 0.15) is 5.75 Å². The number of piperidine rings is 1. The summed E-state index contributed by atoms with van der Waals surface area (Å²) in [6, 6.07) is 14.1. The number of aromatic nitrogens is 2. The molecule has 0 bridgehead atoms. The monoisotopic (exact) mass is 562 g/mol. The van der Waals surface area contributed by atoms with Gasteiger partial charge in [0, 0.05) is 49.3 Å². The van der Waals surface area contributed by atoms with Crippen molar-refractivity contribution in [2.24, 2.45) is 0 Å². The van der Waals surface area contributed by atoms with Gasteiger partial charge in [0.25, 0.3) is 0 Å². The molecule has 2 N–H and O–H groups in total. The third-order valence-electron chi connectivity index (χ3n) is 6.43. The zero-order valence-electron chi connectivity index (χ0n) is 22.9. The molecule has 1 saturated heterocycles. The topological polar surface area (TPSA) is 117 Å². The second-order valence-corrected chi connectivity index (χ2v) is 11.4. The van der Waals surface area contributed by atoms with E-state index in [1.807, 2.05) is 36.1 Å². The summed E-state index contributed by atoms with van der Waals surface area (Å²) < 4.78 is 30.9. The summed E-state index contributed by atoms with van der Waals surface area (Å²) in [4.78, 5) is 25.9. The molecule has 3 aromatic rings.